The molecule has 0 spiro atoms. The molecule has 0 heterocycles. The maximum atomic E-state index is 11.6. The largest absolute Gasteiger partial charge is 0.480 e. The number of rotatable bonds is 5. The fourth-order valence-corrected chi connectivity index (χ4v) is 2.06. The van der Waals surface area contributed by atoms with Crippen molar-refractivity contribution < 1.29 is 14.7 Å². The summed E-state index contributed by atoms with van der Waals surface area (Å²) < 4.78 is 0.766. The third-order valence-corrected chi connectivity index (χ3v) is 3.58. The summed E-state index contributed by atoms with van der Waals surface area (Å²) in [4.78, 5) is 22.8. The van der Waals surface area contributed by atoms with E-state index in [9.17, 15) is 9.59 Å². The zero-order chi connectivity index (χ0) is 14.6. The molecule has 0 aliphatic heterocycles. The second-order valence-corrected chi connectivity index (χ2v) is 5.78. The molecule has 2 N–H and O–H groups in total. The first kappa shape index (κ1) is 16.0. The lowest BCUT2D eigenvalue weighted by Gasteiger charge is -2.17. The Morgan fingerprint density at radius 1 is 1.42 bits per heavy atom. The first-order chi connectivity index (χ1) is 8.81. The molecule has 6 heteroatoms. The molecule has 0 aliphatic rings. The van der Waals surface area contributed by atoms with E-state index in [0.717, 1.165) is 10.0 Å². The van der Waals surface area contributed by atoms with Crippen LogP contribution in [0.5, 0.6) is 0 Å². The lowest BCUT2D eigenvalue weighted by molar-refractivity contribution is -0.142. The SMILES string of the molecule is CC(C)C(=O)N[C@@H](Cc1cc(Cl)ccc1Br)C(=O)O. The maximum Gasteiger partial charge on any atom is 0.326 e. The highest BCUT2D eigenvalue weighted by Gasteiger charge is 2.22. The van der Waals surface area contributed by atoms with Crippen LogP contribution in [0.1, 0.15) is 19.4 Å². The van der Waals surface area contributed by atoms with Crippen molar-refractivity contribution in [2.75, 3.05) is 0 Å². The van der Waals surface area contributed by atoms with Crippen molar-refractivity contribution in [3.8, 4) is 0 Å². The van der Waals surface area contributed by atoms with Gasteiger partial charge in [-0.3, -0.25) is 4.79 Å². The normalized spacial score (nSPS) is 12.3. The highest BCUT2D eigenvalue weighted by Crippen LogP contribution is 2.22. The van der Waals surface area contributed by atoms with E-state index in [0.29, 0.717) is 5.02 Å². The van der Waals surface area contributed by atoms with Gasteiger partial charge in [0.05, 0.1) is 0 Å². The lowest BCUT2D eigenvalue weighted by atomic mass is 10.1. The van der Waals surface area contributed by atoms with Crippen LogP contribution in [-0.4, -0.2) is 23.0 Å². The van der Waals surface area contributed by atoms with Crippen LogP contribution in [0.3, 0.4) is 0 Å². The predicted octanol–water partition coefficient (Wildman–Crippen LogP) is 2.87. The van der Waals surface area contributed by atoms with Gasteiger partial charge in [0.25, 0.3) is 0 Å². The molecule has 1 aromatic rings. The van der Waals surface area contributed by atoms with Crippen LogP contribution in [0.4, 0.5) is 0 Å². The Balaban J connectivity index is 2.87. The Hall–Kier alpha value is -1.07. The molecule has 1 amide bonds. The molecule has 1 aromatic carbocycles. The molecular weight excluding hydrogens is 334 g/mol. The molecule has 0 bridgehead atoms. The summed E-state index contributed by atoms with van der Waals surface area (Å²) in [6.07, 6.45) is 0.176. The van der Waals surface area contributed by atoms with Crippen LogP contribution in [-0.2, 0) is 16.0 Å². The Morgan fingerprint density at radius 2 is 2.05 bits per heavy atom. The van der Waals surface area contributed by atoms with Gasteiger partial charge >= 0.3 is 5.97 Å². The molecule has 1 atom stereocenters. The Kier molecular flexibility index (Phi) is 5.82. The minimum atomic E-state index is -1.07. The van der Waals surface area contributed by atoms with Gasteiger partial charge in [0, 0.05) is 21.8 Å². The molecule has 0 fully saturated rings. The second-order valence-electron chi connectivity index (χ2n) is 4.49. The smallest absolute Gasteiger partial charge is 0.326 e. The van der Waals surface area contributed by atoms with Gasteiger partial charge in [-0.1, -0.05) is 41.4 Å². The summed E-state index contributed by atoms with van der Waals surface area (Å²) in [5.74, 6) is -1.61. The van der Waals surface area contributed by atoms with E-state index in [1.165, 1.54) is 0 Å². The third kappa shape index (κ3) is 4.84. The van der Waals surface area contributed by atoms with Gasteiger partial charge in [0.2, 0.25) is 5.91 Å². The van der Waals surface area contributed by atoms with E-state index >= 15 is 0 Å². The third-order valence-electron chi connectivity index (χ3n) is 2.57. The number of carbonyl (C=O) groups excluding carboxylic acids is 1. The van der Waals surface area contributed by atoms with Gasteiger partial charge in [-0.05, 0) is 23.8 Å². The van der Waals surface area contributed by atoms with Crippen LogP contribution in [0.25, 0.3) is 0 Å². The van der Waals surface area contributed by atoms with Crippen molar-refractivity contribution in [3.63, 3.8) is 0 Å². The summed E-state index contributed by atoms with van der Waals surface area (Å²) in [7, 11) is 0. The standard InChI is InChI=1S/C13H15BrClNO3/c1-7(2)12(17)16-11(13(18)19)6-8-5-9(15)3-4-10(8)14/h3-5,7,11H,6H2,1-2H3,(H,16,17)(H,18,19)/t11-/m0/s1. The van der Waals surface area contributed by atoms with Crippen molar-refractivity contribution in [1.82, 2.24) is 5.32 Å². The maximum absolute atomic E-state index is 11.6. The zero-order valence-electron chi connectivity index (χ0n) is 10.6. The van der Waals surface area contributed by atoms with E-state index in [2.05, 4.69) is 21.2 Å². The number of carboxylic acids is 1. The number of benzene rings is 1. The van der Waals surface area contributed by atoms with Crippen LogP contribution >= 0.6 is 27.5 Å². The molecule has 0 saturated carbocycles. The summed E-state index contributed by atoms with van der Waals surface area (Å²) in [5.41, 5.74) is 0.740. The van der Waals surface area contributed by atoms with E-state index in [1.807, 2.05) is 0 Å². The summed E-state index contributed by atoms with van der Waals surface area (Å²) in [5, 5.41) is 12.2. The number of aliphatic carboxylic acids is 1. The van der Waals surface area contributed by atoms with E-state index < -0.39 is 12.0 Å². The number of amides is 1. The van der Waals surface area contributed by atoms with Gasteiger partial charge in [-0.15, -0.1) is 0 Å². The molecule has 4 nitrogen and oxygen atoms in total. The van der Waals surface area contributed by atoms with Crippen LogP contribution in [0.15, 0.2) is 22.7 Å². The number of halogens is 2. The van der Waals surface area contributed by atoms with Crippen LogP contribution < -0.4 is 5.32 Å². The molecule has 19 heavy (non-hydrogen) atoms. The van der Waals surface area contributed by atoms with Gasteiger partial charge in [-0.25, -0.2) is 4.79 Å². The average molecular weight is 349 g/mol. The summed E-state index contributed by atoms with van der Waals surface area (Å²) >= 11 is 9.22. The minimum absolute atomic E-state index is 0.176. The number of carboxylic acid groups (broad SMARTS) is 1. The quantitative estimate of drug-likeness (QED) is 0.860. The van der Waals surface area contributed by atoms with Crippen molar-refractivity contribution >= 4 is 39.4 Å². The highest BCUT2D eigenvalue weighted by molar-refractivity contribution is 9.10. The van der Waals surface area contributed by atoms with E-state index in [1.54, 1.807) is 32.0 Å². The number of hydrogen-bond donors (Lipinski definition) is 2. The predicted molar refractivity (Wildman–Crippen MR) is 77.3 cm³/mol. The molecule has 0 aliphatic carbocycles. The van der Waals surface area contributed by atoms with Gasteiger partial charge < -0.3 is 10.4 Å². The van der Waals surface area contributed by atoms with Gasteiger partial charge in [0.15, 0.2) is 0 Å². The van der Waals surface area contributed by atoms with E-state index in [-0.39, 0.29) is 18.2 Å². The van der Waals surface area contributed by atoms with Crippen molar-refractivity contribution in [1.29, 1.82) is 0 Å². The lowest BCUT2D eigenvalue weighted by Crippen LogP contribution is -2.44. The van der Waals surface area contributed by atoms with Gasteiger partial charge in [0.1, 0.15) is 6.04 Å². The van der Waals surface area contributed by atoms with Crippen molar-refractivity contribution in [3.05, 3.63) is 33.3 Å². The number of nitrogens with one attached hydrogen (secondary N) is 1. The van der Waals surface area contributed by atoms with E-state index in [4.69, 9.17) is 16.7 Å². The first-order valence-electron chi connectivity index (χ1n) is 5.78. The van der Waals surface area contributed by atoms with Crippen molar-refractivity contribution in [2.24, 2.45) is 5.92 Å². The molecule has 0 radical (unpaired) electrons. The zero-order valence-corrected chi connectivity index (χ0v) is 13.0. The molecule has 0 aromatic heterocycles. The topological polar surface area (TPSA) is 66.4 Å². The fraction of sp³-hybridized carbons (Fsp3) is 0.385. The molecule has 1 rings (SSSR count). The minimum Gasteiger partial charge on any atom is -0.480 e. The Morgan fingerprint density at radius 3 is 2.58 bits per heavy atom. The molecule has 0 unspecified atom stereocenters. The monoisotopic (exact) mass is 347 g/mol. The molecule has 0 saturated heterocycles. The summed E-state index contributed by atoms with van der Waals surface area (Å²) in [6, 6.07) is 4.17. The fourth-order valence-electron chi connectivity index (χ4n) is 1.46. The van der Waals surface area contributed by atoms with Gasteiger partial charge in [-0.2, -0.15) is 0 Å². The Bertz CT molecular complexity index is 491. The summed E-state index contributed by atoms with van der Waals surface area (Å²) in [6.45, 7) is 3.42. The van der Waals surface area contributed by atoms with Crippen molar-refractivity contribution in [2.45, 2.75) is 26.3 Å². The number of hydrogen-bond acceptors (Lipinski definition) is 2. The van der Waals surface area contributed by atoms with Crippen LogP contribution in [0.2, 0.25) is 5.02 Å². The first-order valence-corrected chi connectivity index (χ1v) is 6.95. The Labute approximate surface area is 125 Å². The highest BCUT2D eigenvalue weighted by atomic mass is 79.9. The molecule has 104 valence electrons. The average Bonchev–Trinajstić information content (AvgIpc) is 2.32. The second kappa shape index (κ2) is 6.91. The number of carbonyl (C=O) groups is 2. The van der Waals surface area contributed by atoms with Crippen LogP contribution in [0, 0.1) is 5.92 Å². The molecular formula is C13H15BrClNO3.